The van der Waals surface area contributed by atoms with E-state index >= 15 is 0 Å². The lowest BCUT2D eigenvalue weighted by Gasteiger charge is -2.09. The standard InChI is InChI=1S/C13H12ClN3O2/c1-9-6-11(17(18)19)8-16-13(9)15-7-10-4-2-3-5-12(10)14/h2-6,8H,7H2,1H3,(H,15,16). The molecule has 2 rings (SSSR count). The Kier molecular flexibility index (Phi) is 3.97. The van der Waals surface area contributed by atoms with Gasteiger partial charge in [-0.05, 0) is 24.1 Å². The van der Waals surface area contributed by atoms with Gasteiger partial charge in [-0.25, -0.2) is 4.98 Å². The van der Waals surface area contributed by atoms with Crippen molar-refractivity contribution >= 4 is 23.1 Å². The van der Waals surface area contributed by atoms with Crippen molar-refractivity contribution < 1.29 is 4.92 Å². The van der Waals surface area contributed by atoms with E-state index in [1.807, 2.05) is 24.3 Å². The fourth-order valence-corrected chi connectivity index (χ4v) is 1.87. The highest BCUT2D eigenvalue weighted by Gasteiger charge is 2.09. The fraction of sp³-hybridized carbons (Fsp3) is 0.154. The molecule has 6 heteroatoms. The molecule has 0 aliphatic heterocycles. The Hall–Kier alpha value is -2.14. The molecular weight excluding hydrogens is 266 g/mol. The smallest absolute Gasteiger partial charge is 0.287 e. The van der Waals surface area contributed by atoms with Crippen molar-refractivity contribution in [3.05, 3.63) is 62.8 Å². The van der Waals surface area contributed by atoms with Gasteiger partial charge in [0.05, 0.1) is 4.92 Å². The van der Waals surface area contributed by atoms with E-state index in [0.717, 1.165) is 11.1 Å². The number of aromatic nitrogens is 1. The fourth-order valence-electron chi connectivity index (χ4n) is 1.67. The van der Waals surface area contributed by atoms with Crippen LogP contribution in [0.25, 0.3) is 0 Å². The molecule has 1 heterocycles. The number of hydrogen-bond donors (Lipinski definition) is 1. The summed E-state index contributed by atoms with van der Waals surface area (Å²) < 4.78 is 0. The second-order valence-corrected chi connectivity index (χ2v) is 4.47. The van der Waals surface area contributed by atoms with Crippen LogP contribution in [-0.2, 0) is 6.54 Å². The molecule has 0 aliphatic rings. The van der Waals surface area contributed by atoms with Gasteiger partial charge in [0.1, 0.15) is 12.0 Å². The molecule has 98 valence electrons. The maximum Gasteiger partial charge on any atom is 0.287 e. The molecule has 19 heavy (non-hydrogen) atoms. The second kappa shape index (κ2) is 5.67. The average molecular weight is 278 g/mol. The molecule has 0 radical (unpaired) electrons. The second-order valence-electron chi connectivity index (χ2n) is 4.06. The summed E-state index contributed by atoms with van der Waals surface area (Å²) in [7, 11) is 0. The highest BCUT2D eigenvalue weighted by Crippen LogP contribution is 2.20. The Balaban J connectivity index is 2.12. The first-order valence-electron chi connectivity index (χ1n) is 5.66. The lowest BCUT2D eigenvalue weighted by molar-refractivity contribution is -0.385. The maximum atomic E-state index is 10.6. The van der Waals surface area contributed by atoms with Gasteiger partial charge in [0.2, 0.25) is 0 Å². The molecule has 2 aromatic rings. The molecule has 0 bridgehead atoms. The quantitative estimate of drug-likeness (QED) is 0.685. The highest BCUT2D eigenvalue weighted by atomic mass is 35.5. The summed E-state index contributed by atoms with van der Waals surface area (Å²) >= 11 is 6.05. The molecule has 5 nitrogen and oxygen atoms in total. The summed E-state index contributed by atoms with van der Waals surface area (Å²) in [5.41, 5.74) is 1.66. The lowest BCUT2D eigenvalue weighted by atomic mass is 10.2. The maximum absolute atomic E-state index is 10.6. The van der Waals surface area contributed by atoms with Gasteiger partial charge in [0, 0.05) is 17.6 Å². The summed E-state index contributed by atoms with van der Waals surface area (Å²) in [6.45, 7) is 2.29. The molecular formula is C13H12ClN3O2. The molecule has 0 saturated heterocycles. The third-order valence-corrected chi connectivity index (χ3v) is 3.05. The van der Waals surface area contributed by atoms with Crippen molar-refractivity contribution in [2.75, 3.05) is 5.32 Å². The summed E-state index contributed by atoms with van der Waals surface area (Å²) in [6, 6.07) is 8.98. The lowest BCUT2D eigenvalue weighted by Crippen LogP contribution is -2.04. The largest absolute Gasteiger partial charge is 0.366 e. The zero-order chi connectivity index (χ0) is 13.8. The van der Waals surface area contributed by atoms with Crippen molar-refractivity contribution in [2.24, 2.45) is 0 Å². The van der Waals surface area contributed by atoms with Crippen molar-refractivity contribution in [2.45, 2.75) is 13.5 Å². The van der Waals surface area contributed by atoms with Gasteiger partial charge in [-0.1, -0.05) is 29.8 Å². The topological polar surface area (TPSA) is 68.1 Å². The molecule has 0 spiro atoms. The first kappa shape index (κ1) is 13.3. The summed E-state index contributed by atoms with van der Waals surface area (Å²) in [6.07, 6.45) is 1.24. The van der Waals surface area contributed by atoms with Crippen LogP contribution >= 0.6 is 11.6 Å². The van der Waals surface area contributed by atoms with Gasteiger partial charge in [0.15, 0.2) is 0 Å². The minimum absolute atomic E-state index is 0.0132. The predicted octanol–water partition coefficient (Wildman–Crippen LogP) is 3.56. The Bertz CT molecular complexity index is 617. The van der Waals surface area contributed by atoms with Gasteiger partial charge in [-0.15, -0.1) is 0 Å². The normalized spacial score (nSPS) is 10.2. The van der Waals surface area contributed by atoms with Crippen molar-refractivity contribution in [3.63, 3.8) is 0 Å². The van der Waals surface area contributed by atoms with Crippen molar-refractivity contribution in [1.82, 2.24) is 4.98 Å². The summed E-state index contributed by atoms with van der Waals surface area (Å²) in [4.78, 5) is 14.2. The van der Waals surface area contributed by atoms with E-state index in [9.17, 15) is 10.1 Å². The molecule has 0 aliphatic carbocycles. The summed E-state index contributed by atoms with van der Waals surface area (Å²) in [5, 5.41) is 14.4. The van der Waals surface area contributed by atoms with Crippen LogP contribution in [-0.4, -0.2) is 9.91 Å². The first-order valence-corrected chi connectivity index (χ1v) is 6.04. The number of pyridine rings is 1. The van der Waals surface area contributed by atoms with E-state index in [1.54, 1.807) is 6.92 Å². The van der Waals surface area contributed by atoms with Gasteiger partial charge in [0.25, 0.3) is 5.69 Å². The molecule has 0 amide bonds. The van der Waals surface area contributed by atoms with E-state index < -0.39 is 4.92 Å². The van der Waals surface area contributed by atoms with Gasteiger partial charge in [-0.2, -0.15) is 0 Å². The van der Waals surface area contributed by atoms with Crippen LogP contribution in [0.4, 0.5) is 11.5 Å². The molecule has 0 unspecified atom stereocenters. The van der Waals surface area contributed by atoms with Gasteiger partial charge < -0.3 is 5.32 Å². The Morgan fingerprint density at radius 1 is 1.42 bits per heavy atom. The van der Waals surface area contributed by atoms with E-state index in [0.29, 0.717) is 17.4 Å². The van der Waals surface area contributed by atoms with Crippen LogP contribution in [0.5, 0.6) is 0 Å². The number of anilines is 1. The number of halogens is 1. The Labute approximate surface area is 115 Å². The van der Waals surface area contributed by atoms with Crippen LogP contribution in [0.15, 0.2) is 36.5 Å². The van der Waals surface area contributed by atoms with Crippen molar-refractivity contribution in [1.29, 1.82) is 0 Å². The first-order chi connectivity index (χ1) is 9.08. The molecule has 1 N–H and O–H groups in total. The molecule has 0 saturated carbocycles. The third kappa shape index (κ3) is 3.20. The minimum Gasteiger partial charge on any atom is -0.366 e. The average Bonchev–Trinajstić information content (AvgIpc) is 2.39. The Morgan fingerprint density at radius 2 is 2.16 bits per heavy atom. The SMILES string of the molecule is Cc1cc([N+](=O)[O-])cnc1NCc1ccccc1Cl. The number of nitrogens with zero attached hydrogens (tertiary/aromatic N) is 2. The van der Waals surface area contributed by atoms with Crippen LogP contribution in [0.3, 0.4) is 0 Å². The number of hydrogen-bond acceptors (Lipinski definition) is 4. The molecule has 1 aromatic heterocycles. The van der Waals surface area contributed by atoms with E-state index in [1.165, 1.54) is 12.3 Å². The number of rotatable bonds is 4. The minimum atomic E-state index is -0.460. The zero-order valence-corrected chi connectivity index (χ0v) is 11.0. The zero-order valence-electron chi connectivity index (χ0n) is 10.3. The van der Waals surface area contributed by atoms with Crippen LogP contribution in [0.1, 0.15) is 11.1 Å². The Morgan fingerprint density at radius 3 is 2.79 bits per heavy atom. The highest BCUT2D eigenvalue weighted by molar-refractivity contribution is 6.31. The molecule has 0 fully saturated rings. The van der Waals surface area contributed by atoms with E-state index in [2.05, 4.69) is 10.3 Å². The van der Waals surface area contributed by atoms with Crippen LogP contribution < -0.4 is 5.32 Å². The molecule has 1 aromatic carbocycles. The van der Waals surface area contributed by atoms with Crippen molar-refractivity contribution in [3.8, 4) is 0 Å². The van der Waals surface area contributed by atoms with Crippen LogP contribution in [0.2, 0.25) is 5.02 Å². The van der Waals surface area contributed by atoms with Gasteiger partial charge in [-0.3, -0.25) is 10.1 Å². The molecule has 0 atom stereocenters. The number of nitro groups is 1. The number of aryl methyl sites for hydroxylation is 1. The monoisotopic (exact) mass is 277 g/mol. The predicted molar refractivity (Wildman–Crippen MR) is 74.4 cm³/mol. The van der Waals surface area contributed by atoms with E-state index in [-0.39, 0.29) is 5.69 Å². The van der Waals surface area contributed by atoms with Crippen LogP contribution in [0, 0.1) is 17.0 Å². The number of benzene rings is 1. The van der Waals surface area contributed by atoms with E-state index in [4.69, 9.17) is 11.6 Å². The summed E-state index contributed by atoms with van der Waals surface area (Å²) in [5.74, 6) is 0.616. The third-order valence-electron chi connectivity index (χ3n) is 2.68. The van der Waals surface area contributed by atoms with Gasteiger partial charge >= 0.3 is 0 Å². The number of nitrogens with one attached hydrogen (secondary N) is 1.